The zero-order chi connectivity index (χ0) is 12.1. The molecule has 0 heterocycles. The molecule has 0 saturated heterocycles. The summed E-state index contributed by atoms with van der Waals surface area (Å²) >= 11 is 0. The van der Waals surface area contributed by atoms with Crippen LogP contribution < -0.4 is 5.32 Å². The number of nitrogens with one attached hydrogen (secondary N) is 1. The van der Waals surface area contributed by atoms with Crippen molar-refractivity contribution in [1.82, 2.24) is 5.32 Å². The van der Waals surface area contributed by atoms with Crippen molar-refractivity contribution in [2.75, 3.05) is 0 Å². The summed E-state index contributed by atoms with van der Waals surface area (Å²) in [7, 11) is 0. The summed E-state index contributed by atoms with van der Waals surface area (Å²) in [6.45, 7) is 1.62. The lowest BCUT2D eigenvalue weighted by atomic mass is 10.1. The van der Waals surface area contributed by atoms with E-state index < -0.39 is 23.6 Å². The third-order valence-corrected chi connectivity index (χ3v) is 2.01. The molecule has 0 fully saturated rings. The van der Waals surface area contributed by atoms with Crippen LogP contribution in [-0.2, 0) is 11.2 Å². The number of halogens is 2. The van der Waals surface area contributed by atoms with E-state index in [2.05, 4.69) is 11.2 Å². The first-order chi connectivity index (χ1) is 7.54. The highest BCUT2D eigenvalue weighted by atomic mass is 19.2. The fraction of sp³-hybridized carbons (Fsp3) is 0.250. The summed E-state index contributed by atoms with van der Waals surface area (Å²) in [5.41, 5.74) is 0.0155. The molecule has 0 saturated carbocycles. The monoisotopic (exact) mass is 223 g/mol. The second-order valence-electron chi connectivity index (χ2n) is 3.35. The number of hydrogen-bond donors (Lipinski definition) is 1. The molecule has 0 aliphatic carbocycles. The Hall–Kier alpha value is -1.89. The quantitative estimate of drug-likeness (QED) is 0.775. The van der Waals surface area contributed by atoms with Crippen LogP contribution in [0, 0.1) is 24.0 Å². The number of benzene rings is 1. The van der Waals surface area contributed by atoms with Gasteiger partial charge in [0.1, 0.15) is 0 Å². The minimum absolute atomic E-state index is 0.0155. The molecule has 4 heteroatoms. The van der Waals surface area contributed by atoms with Gasteiger partial charge in [-0.25, -0.2) is 8.78 Å². The molecule has 1 aromatic carbocycles. The van der Waals surface area contributed by atoms with Crippen LogP contribution in [0.25, 0.3) is 0 Å². The second-order valence-corrected chi connectivity index (χ2v) is 3.35. The van der Waals surface area contributed by atoms with Crippen molar-refractivity contribution in [3.63, 3.8) is 0 Å². The number of rotatable bonds is 3. The summed E-state index contributed by atoms with van der Waals surface area (Å²) in [5.74, 6) is -0.0845. The molecule has 1 atom stereocenters. The molecule has 0 spiro atoms. The largest absolute Gasteiger partial charge is 0.342 e. The van der Waals surface area contributed by atoms with Crippen LogP contribution in [0.5, 0.6) is 0 Å². The van der Waals surface area contributed by atoms with Gasteiger partial charge in [-0.15, -0.1) is 6.42 Å². The highest BCUT2D eigenvalue weighted by Gasteiger charge is 2.12. The Morgan fingerprint density at radius 3 is 2.88 bits per heavy atom. The Labute approximate surface area is 92.7 Å². The van der Waals surface area contributed by atoms with Crippen molar-refractivity contribution < 1.29 is 13.6 Å². The van der Waals surface area contributed by atoms with Gasteiger partial charge in [0, 0.05) is 5.56 Å². The molecule has 16 heavy (non-hydrogen) atoms. The molecule has 84 valence electrons. The number of terminal acetylenes is 1. The van der Waals surface area contributed by atoms with Crippen molar-refractivity contribution in [3.8, 4) is 12.3 Å². The van der Waals surface area contributed by atoms with E-state index in [-0.39, 0.29) is 12.0 Å². The normalized spacial score (nSPS) is 11.6. The molecule has 2 nitrogen and oxygen atoms in total. The Kier molecular flexibility index (Phi) is 4.01. The minimum atomic E-state index is -0.994. The molecule has 0 aliphatic rings. The number of amides is 1. The summed E-state index contributed by atoms with van der Waals surface area (Å²) in [5, 5.41) is 2.46. The fourth-order valence-electron chi connectivity index (χ4n) is 1.19. The van der Waals surface area contributed by atoms with Crippen LogP contribution in [0.3, 0.4) is 0 Å². The van der Waals surface area contributed by atoms with Crippen LogP contribution in [0.1, 0.15) is 12.5 Å². The van der Waals surface area contributed by atoms with E-state index in [9.17, 15) is 13.6 Å². The standard InChI is InChI=1S/C12H11F2NO/c1-3-8(2)15-11(16)7-9-5-4-6-10(13)12(9)14/h1,4-6,8H,7H2,2H3,(H,15,16). The lowest BCUT2D eigenvalue weighted by Gasteiger charge is -2.08. The molecule has 1 N–H and O–H groups in total. The fourth-order valence-corrected chi connectivity index (χ4v) is 1.19. The first kappa shape index (κ1) is 12.2. The van der Waals surface area contributed by atoms with Gasteiger partial charge in [-0.05, 0) is 13.0 Å². The second kappa shape index (κ2) is 5.26. The minimum Gasteiger partial charge on any atom is -0.342 e. The smallest absolute Gasteiger partial charge is 0.225 e. The number of carbonyl (C=O) groups excluding carboxylic acids is 1. The SMILES string of the molecule is C#CC(C)NC(=O)Cc1cccc(F)c1F. The summed E-state index contributed by atoms with van der Waals surface area (Å²) in [6.07, 6.45) is 4.84. The van der Waals surface area contributed by atoms with Gasteiger partial charge in [0.15, 0.2) is 11.6 Å². The maximum atomic E-state index is 13.2. The summed E-state index contributed by atoms with van der Waals surface area (Å²) < 4.78 is 26.0. The van der Waals surface area contributed by atoms with Crippen LogP contribution in [0.15, 0.2) is 18.2 Å². The lowest BCUT2D eigenvalue weighted by molar-refractivity contribution is -0.120. The van der Waals surface area contributed by atoms with Gasteiger partial charge in [-0.2, -0.15) is 0 Å². The molecule has 0 bridgehead atoms. The van der Waals surface area contributed by atoms with Gasteiger partial charge < -0.3 is 5.32 Å². The van der Waals surface area contributed by atoms with Gasteiger partial charge in [-0.3, -0.25) is 4.79 Å². The van der Waals surface area contributed by atoms with E-state index in [1.54, 1.807) is 6.92 Å². The van der Waals surface area contributed by atoms with Crippen LogP contribution in [0.2, 0.25) is 0 Å². The third-order valence-electron chi connectivity index (χ3n) is 2.01. The highest BCUT2D eigenvalue weighted by molar-refractivity contribution is 5.79. The zero-order valence-electron chi connectivity index (χ0n) is 8.76. The molecule has 1 rings (SSSR count). The molecule has 1 amide bonds. The van der Waals surface area contributed by atoms with Crippen LogP contribution in [0.4, 0.5) is 8.78 Å². The molecule has 1 unspecified atom stereocenters. The first-order valence-corrected chi connectivity index (χ1v) is 4.73. The van der Waals surface area contributed by atoms with Gasteiger partial charge in [0.2, 0.25) is 5.91 Å². The number of carbonyl (C=O) groups is 1. The van der Waals surface area contributed by atoms with Gasteiger partial charge in [-0.1, -0.05) is 18.1 Å². The predicted octanol–water partition coefficient (Wildman–Crippen LogP) is 1.65. The van der Waals surface area contributed by atoms with E-state index in [0.717, 1.165) is 6.07 Å². The van der Waals surface area contributed by atoms with Gasteiger partial charge >= 0.3 is 0 Å². The van der Waals surface area contributed by atoms with E-state index in [4.69, 9.17) is 6.42 Å². The molecule has 0 aliphatic heterocycles. The van der Waals surface area contributed by atoms with Crippen molar-refractivity contribution >= 4 is 5.91 Å². The summed E-state index contributed by atoms with van der Waals surface area (Å²) in [6, 6.07) is 3.29. The molecular weight excluding hydrogens is 212 g/mol. The Morgan fingerprint density at radius 2 is 2.25 bits per heavy atom. The average Bonchev–Trinajstić information content (AvgIpc) is 2.24. The van der Waals surface area contributed by atoms with E-state index in [0.29, 0.717) is 0 Å². The van der Waals surface area contributed by atoms with Crippen LogP contribution >= 0.6 is 0 Å². The predicted molar refractivity (Wildman–Crippen MR) is 56.5 cm³/mol. The molecule has 0 radical (unpaired) electrons. The zero-order valence-corrected chi connectivity index (χ0v) is 8.76. The Morgan fingerprint density at radius 1 is 1.56 bits per heavy atom. The Balaban J connectivity index is 2.71. The van der Waals surface area contributed by atoms with Gasteiger partial charge in [0.25, 0.3) is 0 Å². The van der Waals surface area contributed by atoms with Crippen molar-refractivity contribution in [3.05, 3.63) is 35.4 Å². The molecule has 1 aromatic rings. The van der Waals surface area contributed by atoms with E-state index >= 15 is 0 Å². The van der Waals surface area contributed by atoms with Crippen molar-refractivity contribution in [2.24, 2.45) is 0 Å². The maximum absolute atomic E-state index is 13.2. The van der Waals surface area contributed by atoms with Crippen molar-refractivity contribution in [2.45, 2.75) is 19.4 Å². The topological polar surface area (TPSA) is 29.1 Å². The third kappa shape index (κ3) is 3.06. The van der Waals surface area contributed by atoms with Crippen LogP contribution in [-0.4, -0.2) is 11.9 Å². The van der Waals surface area contributed by atoms with Gasteiger partial charge in [0.05, 0.1) is 12.5 Å². The molecule has 0 aromatic heterocycles. The summed E-state index contributed by atoms with van der Waals surface area (Å²) in [4.78, 5) is 11.3. The maximum Gasteiger partial charge on any atom is 0.225 e. The Bertz CT molecular complexity index is 437. The first-order valence-electron chi connectivity index (χ1n) is 4.73. The lowest BCUT2D eigenvalue weighted by Crippen LogP contribution is -2.32. The average molecular weight is 223 g/mol. The molecular formula is C12H11F2NO. The highest BCUT2D eigenvalue weighted by Crippen LogP contribution is 2.11. The van der Waals surface area contributed by atoms with E-state index in [1.165, 1.54) is 12.1 Å². The van der Waals surface area contributed by atoms with Crippen molar-refractivity contribution in [1.29, 1.82) is 0 Å². The number of hydrogen-bond acceptors (Lipinski definition) is 1. The van der Waals surface area contributed by atoms with E-state index in [1.807, 2.05) is 0 Å².